The number of hydrazone groups is 1. The van der Waals surface area contributed by atoms with Gasteiger partial charge in [-0.2, -0.15) is 10.1 Å². The average molecular weight is 216 g/mol. The van der Waals surface area contributed by atoms with Crippen molar-refractivity contribution in [3.63, 3.8) is 0 Å². The van der Waals surface area contributed by atoms with E-state index in [2.05, 4.69) is 11.7 Å². The number of carboxylic acid groups (broad SMARTS) is 1. The van der Waals surface area contributed by atoms with Gasteiger partial charge >= 0.3 is 5.97 Å². The number of nitrogens with zero attached hydrogens (tertiary/aromatic N) is 2. The molecular formula is C11H8N2O3. The summed E-state index contributed by atoms with van der Waals surface area (Å²) in [4.78, 5) is 22.4. The van der Waals surface area contributed by atoms with E-state index in [9.17, 15) is 9.59 Å². The summed E-state index contributed by atoms with van der Waals surface area (Å²) in [5.74, 6) is -1.76. The molecule has 0 bridgehead atoms. The molecule has 1 aliphatic rings. The van der Waals surface area contributed by atoms with Crippen molar-refractivity contribution in [2.24, 2.45) is 5.10 Å². The second-order valence-corrected chi connectivity index (χ2v) is 3.18. The Labute approximate surface area is 91.3 Å². The third-order valence-corrected chi connectivity index (χ3v) is 2.14. The molecule has 0 radical (unpaired) electrons. The highest BCUT2D eigenvalue weighted by atomic mass is 16.4. The molecule has 0 fully saturated rings. The van der Waals surface area contributed by atoms with Crippen LogP contribution in [0.25, 0.3) is 0 Å². The van der Waals surface area contributed by atoms with Crippen LogP contribution in [-0.4, -0.2) is 22.7 Å². The number of amides is 1. The van der Waals surface area contributed by atoms with Gasteiger partial charge in [-0.05, 0) is 12.1 Å². The molecule has 2 rings (SSSR count). The lowest BCUT2D eigenvalue weighted by molar-refractivity contribution is -0.129. The molecule has 5 nitrogen and oxygen atoms in total. The van der Waals surface area contributed by atoms with Crippen LogP contribution in [0.15, 0.2) is 47.6 Å². The van der Waals surface area contributed by atoms with Gasteiger partial charge in [0.1, 0.15) is 0 Å². The first-order valence-electron chi connectivity index (χ1n) is 4.52. The van der Waals surface area contributed by atoms with Gasteiger partial charge in [0.15, 0.2) is 5.71 Å². The summed E-state index contributed by atoms with van der Waals surface area (Å²) in [6.07, 6.45) is 0. The van der Waals surface area contributed by atoms with E-state index in [-0.39, 0.29) is 11.3 Å². The van der Waals surface area contributed by atoms with Crippen molar-refractivity contribution in [1.29, 1.82) is 0 Å². The van der Waals surface area contributed by atoms with Gasteiger partial charge in [0.05, 0.1) is 11.3 Å². The van der Waals surface area contributed by atoms with Crippen molar-refractivity contribution in [3.8, 4) is 0 Å². The van der Waals surface area contributed by atoms with Gasteiger partial charge in [-0.1, -0.05) is 24.8 Å². The predicted octanol–water partition coefficient (Wildman–Crippen LogP) is 1.03. The Kier molecular flexibility index (Phi) is 2.28. The van der Waals surface area contributed by atoms with Crippen LogP contribution in [0.5, 0.6) is 0 Å². The Morgan fingerprint density at radius 3 is 2.44 bits per heavy atom. The number of hydrogen-bond donors (Lipinski definition) is 1. The zero-order chi connectivity index (χ0) is 11.7. The summed E-state index contributed by atoms with van der Waals surface area (Å²) in [6, 6.07) is 8.60. The first-order valence-corrected chi connectivity index (χ1v) is 4.52. The number of carboxylic acids is 1. The third kappa shape index (κ3) is 1.48. The predicted molar refractivity (Wildman–Crippen MR) is 58.1 cm³/mol. The Balaban J connectivity index is 2.42. The van der Waals surface area contributed by atoms with Crippen LogP contribution in [-0.2, 0) is 9.59 Å². The largest absolute Gasteiger partial charge is 0.476 e. The van der Waals surface area contributed by atoms with E-state index in [1.54, 1.807) is 30.3 Å². The fraction of sp³-hybridized carbons (Fsp3) is 0. The summed E-state index contributed by atoms with van der Waals surface area (Å²) >= 11 is 0. The quantitative estimate of drug-likeness (QED) is 0.750. The highest BCUT2D eigenvalue weighted by Gasteiger charge is 2.33. The van der Waals surface area contributed by atoms with E-state index in [0.717, 1.165) is 5.01 Å². The minimum Gasteiger partial charge on any atom is -0.476 e. The van der Waals surface area contributed by atoms with Crippen LogP contribution < -0.4 is 5.01 Å². The number of rotatable bonds is 2. The molecule has 0 atom stereocenters. The van der Waals surface area contributed by atoms with E-state index < -0.39 is 11.9 Å². The number of anilines is 1. The molecule has 1 amide bonds. The number of carbonyl (C=O) groups excluding carboxylic acids is 1. The van der Waals surface area contributed by atoms with Crippen LogP contribution >= 0.6 is 0 Å². The van der Waals surface area contributed by atoms with Crippen molar-refractivity contribution < 1.29 is 14.7 Å². The van der Waals surface area contributed by atoms with E-state index in [1.807, 2.05) is 0 Å². The van der Waals surface area contributed by atoms with Crippen LogP contribution in [0, 0.1) is 0 Å². The summed E-state index contributed by atoms with van der Waals surface area (Å²) in [7, 11) is 0. The number of hydrogen-bond acceptors (Lipinski definition) is 3. The maximum Gasteiger partial charge on any atom is 0.357 e. The van der Waals surface area contributed by atoms with Gasteiger partial charge in [-0.25, -0.2) is 4.79 Å². The molecule has 1 heterocycles. The summed E-state index contributed by atoms with van der Waals surface area (Å²) in [5.41, 5.74) is 0.107. The van der Waals surface area contributed by atoms with Gasteiger partial charge < -0.3 is 5.11 Å². The maximum absolute atomic E-state index is 11.7. The van der Waals surface area contributed by atoms with Crippen LogP contribution in [0.4, 0.5) is 5.69 Å². The first-order chi connectivity index (χ1) is 7.61. The Morgan fingerprint density at radius 1 is 1.31 bits per heavy atom. The highest BCUT2D eigenvalue weighted by molar-refractivity contribution is 6.52. The molecule has 0 saturated carbocycles. The molecule has 80 valence electrons. The Morgan fingerprint density at radius 2 is 1.94 bits per heavy atom. The van der Waals surface area contributed by atoms with E-state index in [1.165, 1.54) is 0 Å². The van der Waals surface area contributed by atoms with Crippen LogP contribution in [0.2, 0.25) is 0 Å². The lowest BCUT2D eigenvalue weighted by atomic mass is 10.2. The van der Waals surface area contributed by atoms with Gasteiger partial charge in [0.2, 0.25) is 0 Å². The van der Waals surface area contributed by atoms with Crippen molar-refractivity contribution in [2.75, 3.05) is 5.01 Å². The standard InChI is InChI=1S/C11H8N2O3/c1-7-9(11(15)16)12-13(10(7)14)8-5-3-2-4-6-8/h2-6H,1H2,(H,15,16). The van der Waals surface area contributed by atoms with Crippen molar-refractivity contribution in [2.45, 2.75) is 0 Å². The second kappa shape index (κ2) is 3.62. The van der Waals surface area contributed by atoms with Gasteiger partial charge in [-0.3, -0.25) is 4.79 Å². The number of carbonyl (C=O) groups is 2. The Hall–Kier alpha value is -2.43. The lowest BCUT2D eigenvalue weighted by Crippen LogP contribution is -2.21. The SMILES string of the molecule is C=C1C(=O)N(c2ccccc2)N=C1C(=O)O. The molecule has 16 heavy (non-hydrogen) atoms. The highest BCUT2D eigenvalue weighted by Crippen LogP contribution is 2.22. The van der Waals surface area contributed by atoms with E-state index >= 15 is 0 Å². The fourth-order valence-corrected chi connectivity index (χ4v) is 1.35. The molecule has 0 spiro atoms. The topological polar surface area (TPSA) is 70.0 Å². The summed E-state index contributed by atoms with van der Waals surface area (Å²) in [5, 5.41) is 13.6. The molecule has 1 aromatic rings. The minimum atomic E-state index is -1.25. The molecule has 0 unspecified atom stereocenters. The monoisotopic (exact) mass is 216 g/mol. The fourth-order valence-electron chi connectivity index (χ4n) is 1.35. The van der Waals surface area contributed by atoms with E-state index in [4.69, 9.17) is 5.11 Å². The van der Waals surface area contributed by atoms with Gasteiger partial charge in [-0.15, -0.1) is 0 Å². The summed E-state index contributed by atoms with van der Waals surface area (Å²) < 4.78 is 0. The number of benzene rings is 1. The molecule has 0 saturated heterocycles. The molecule has 1 N–H and O–H groups in total. The molecule has 0 aromatic heterocycles. The molecule has 5 heteroatoms. The minimum absolute atomic E-state index is 0.101. The number of para-hydroxylation sites is 1. The molecule has 1 aromatic carbocycles. The Bertz CT molecular complexity index is 505. The third-order valence-electron chi connectivity index (χ3n) is 2.14. The first kappa shape index (κ1) is 10.1. The van der Waals surface area contributed by atoms with Gasteiger partial charge in [0, 0.05) is 0 Å². The average Bonchev–Trinajstić information content (AvgIpc) is 2.58. The maximum atomic E-state index is 11.7. The van der Waals surface area contributed by atoms with Crippen molar-refractivity contribution in [1.82, 2.24) is 0 Å². The molecule has 0 aliphatic carbocycles. The van der Waals surface area contributed by atoms with Crippen LogP contribution in [0.3, 0.4) is 0 Å². The van der Waals surface area contributed by atoms with Crippen molar-refractivity contribution >= 4 is 23.3 Å². The lowest BCUT2D eigenvalue weighted by Gasteiger charge is -2.10. The van der Waals surface area contributed by atoms with E-state index in [0.29, 0.717) is 5.69 Å². The summed E-state index contributed by atoms with van der Waals surface area (Å²) in [6.45, 7) is 3.41. The zero-order valence-electron chi connectivity index (χ0n) is 8.25. The second-order valence-electron chi connectivity index (χ2n) is 3.18. The van der Waals surface area contributed by atoms with Crippen LogP contribution in [0.1, 0.15) is 0 Å². The van der Waals surface area contributed by atoms with Crippen molar-refractivity contribution in [3.05, 3.63) is 42.5 Å². The normalized spacial score (nSPS) is 15.2. The van der Waals surface area contributed by atoms with Gasteiger partial charge in [0.25, 0.3) is 5.91 Å². The smallest absolute Gasteiger partial charge is 0.357 e. The zero-order valence-corrected chi connectivity index (χ0v) is 8.25. The number of aliphatic carboxylic acids is 1. The molecule has 1 aliphatic heterocycles. The molecular weight excluding hydrogens is 208 g/mol.